The van der Waals surface area contributed by atoms with Gasteiger partial charge in [-0.2, -0.15) is 14.7 Å². The number of unbranched alkanes of at least 4 members (excludes halogenated alkanes) is 1. The fourth-order valence-corrected chi connectivity index (χ4v) is 6.24. The standard InChI is InChI=1S/C21H26Cl2N4O2S/c1-3-4-5-19-20(15(2)25-26-19)30(28,29)27-10-8-21(14-24,9-11-27)13-16-6-7-17(22)12-18(16)23/h6-7,12H,3-5,8-11,13H2,1-2H3,(H,25,26). The lowest BCUT2D eigenvalue weighted by Gasteiger charge is -2.37. The number of benzene rings is 1. The number of rotatable bonds is 7. The van der Waals surface area contributed by atoms with E-state index in [0.29, 0.717) is 65.1 Å². The number of hydrogen-bond acceptors (Lipinski definition) is 4. The highest BCUT2D eigenvalue weighted by Crippen LogP contribution is 2.38. The molecule has 2 aromatic rings. The number of nitrogens with one attached hydrogen (secondary N) is 1. The Hall–Kier alpha value is -1.59. The lowest BCUT2D eigenvalue weighted by Crippen LogP contribution is -2.43. The molecule has 162 valence electrons. The van der Waals surface area contributed by atoms with E-state index in [4.69, 9.17) is 23.2 Å². The van der Waals surface area contributed by atoms with Gasteiger partial charge < -0.3 is 0 Å². The maximum atomic E-state index is 13.3. The minimum Gasteiger partial charge on any atom is -0.281 e. The molecule has 0 bridgehead atoms. The number of piperidine rings is 1. The zero-order valence-electron chi connectivity index (χ0n) is 17.2. The average Bonchev–Trinajstić information content (AvgIpc) is 3.10. The largest absolute Gasteiger partial charge is 0.281 e. The van der Waals surface area contributed by atoms with Crippen molar-refractivity contribution in [2.45, 2.75) is 57.3 Å². The lowest BCUT2D eigenvalue weighted by atomic mass is 9.75. The summed E-state index contributed by atoms with van der Waals surface area (Å²) in [6.07, 6.45) is 3.84. The van der Waals surface area contributed by atoms with Gasteiger partial charge in [-0.15, -0.1) is 0 Å². The first kappa shape index (κ1) is 23.1. The van der Waals surface area contributed by atoms with Crippen LogP contribution in [0.2, 0.25) is 10.0 Å². The van der Waals surface area contributed by atoms with E-state index in [1.54, 1.807) is 19.1 Å². The Balaban J connectivity index is 1.78. The molecule has 1 aliphatic heterocycles. The summed E-state index contributed by atoms with van der Waals surface area (Å²) >= 11 is 12.3. The van der Waals surface area contributed by atoms with Gasteiger partial charge in [-0.05, 0) is 56.7 Å². The monoisotopic (exact) mass is 468 g/mol. The zero-order valence-corrected chi connectivity index (χ0v) is 19.5. The minimum atomic E-state index is -3.67. The Morgan fingerprint density at radius 1 is 1.30 bits per heavy atom. The smallest absolute Gasteiger partial charge is 0.246 e. The maximum Gasteiger partial charge on any atom is 0.246 e. The normalized spacial score (nSPS) is 17.0. The third-order valence-corrected chi connectivity index (χ3v) is 8.48. The van der Waals surface area contributed by atoms with Gasteiger partial charge in [0.05, 0.1) is 22.9 Å². The molecule has 6 nitrogen and oxygen atoms in total. The van der Waals surface area contributed by atoms with Crippen molar-refractivity contribution in [2.24, 2.45) is 5.41 Å². The molecule has 0 spiro atoms. The van der Waals surface area contributed by atoms with E-state index >= 15 is 0 Å². The number of H-pyrrole nitrogens is 1. The van der Waals surface area contributed by atoms with E-state index in [9.17, 15) is 13.7 Å². The van der Waals surface area contributed by atoms with Gasteiger partial charge in [0.25, 0.3) is 0 Å². The number of hydrogen-bond donors (Lipinski definition) is 1. The van der Waals surface area contributed by atoms with Crippen LogP contribution in [0.25, 0.3) is 0 Å². The first-order valence-corrected chi connectivity index (χ1v) is 12.3. The van der Waals surface area contributed by atoms with E-state index in [-0.39, 0.29) is 0 Å². The summed E-state index contributed by atoms with van der Waals surface area (Å²) in [5, 5.41) is 18.0. The van der Waals surface area contributed by atoms with Crippen molar-refractivity contribution in [3.63, 3.8) is 0 Å². The Labute approximate surface area is 188 Å². The quantitative estimate of drug-likeness (QED) is 0.624. The second-order valence-corrected chi connectivity index (χ2v) is 10.7. The summed E-state index contributed by atoms with van der Waals surface area (Å²) in [5.74, 6) is 0. The summed E-state index contributed by atoms with van der Waals surface area (Å²) in [5.41, 5.74) is 1.36. The van der Waals surface area contributed by atoms with Gasteiger partial charge in [-0.3, -0.25) is 5.10 Å². The summed E-state index contributed by atoms with van der Waals surface area (Å²) in [6.45, 7) is 4.38. The summed E-state index contributed by atoms with van der Waals surface area (Å²) in [6, 6.07) is 7.69. The van der Waals surface area contributed by atoms with E-state index in [1.165, 1.54) is 4.31 Å². The third-order valence-electron chi connectivity index (χ3n) is 5.79. The predicted molar refractivity (Wildman–Crippen MR) is 118 cm³/mol. The highest BCUT2D eigenvalue weighted by molar-refractivity contribution is 7.89. The molecule has 1 aliphatic rings. The Bertz CT molecular complexity index is 1050. The van der Waals surface area contributed by atoms with Crippen LogP contribution in [0.5, 0.6) is 0 Å². The third kappa shape index (κ3) is 4.67. The lowest BCUT2D eigenvalue weighted by molar-refractivity contribution is 0.212. The predicted octanol–water partition coefficient (Wildman–Crippen LogP) is 4.90. The van der Waals surface area contributed by atoms with E-state index in [0.717, 1.165) is 18.4 Å². The Morgan fingerprint density at radius 3 is 2.60 bits per heavy atom. The average molecular weight is 469 g/mol. The van der Waals surface area contributed by atoms with Crippen LogP contribution in [-0.4, -0.2) is 36.0 Å². The van der Waals surface area contributed by atoms with Crippen molar-refractivity contribution < 1.29 is 8.42 Å². The van der Waals surface area contributed by atoms with Gasteiger partial charge >= 0.3 is 0 Å². The number of nitrogens with zero attached hydrogens (tertiary/aromatic N) is 3. The number of sulfonamides is 1. The number of aryl methyl sites for hydroxylation is 2. The molecule has 0 radical (unpaired) electrons. The van der Waals surface area contributed by atoms with Gasteiger partial charge in [-0.1, -0.05) is 42.6 Å². The molecule has 0 saturated carbocycles. The Morgan fingerprint density at radius 2 is 2.00 bits per heavy atom. The summed E-state index contributed by atoms with van der Waals surface area (Å²) in [4.78, 5) is 0.293. The first-order chi connectivity index (χ1) is 14.2. The van der Waals surface area contributed by atoms with Crippen LogP contribution in [0.4, 0.5) is 0 Å². The highest BCUT2D eigenvalue weighted by Gasteiger charge is 2.40. The Kier molecular flexibility index (Phi) is 7.13. The molecular formula is C21H26Cl2N4O2S. The highest BCUT2D eigenvalue weighted by atomic mass is 35.5. The first-order valence-electron chi connectivity index (χ1n) is 10.1. The fourth-order valence-electron chi connectivity index (χ4n) is 3.97. The summed E-state index contributed by atoms with van der Waals surface area (Å²) < 4.78 is 28.2. The second kappa shape index (κ2) is 9.27. The van der Waals surface area contributed by atoms with Crippen molar-refractivity contribution in [1.82, 2.24) is 14.5 Å². The SMILES string of the molecule is CCCCc1n[nH]c(C)c1S(=O)(=O)N1CCC(C#N)(Cc2ccc(Cl)cc2Cl)CC1. The molecule has 2 heterocycles. The van der Waals surface area contributed by atoms with Gasteiger partial charge in [-0.25, -0.2) is 8.42 Å². The van der Waals surface area contributed by atoms with Gasteiger partial charge in [0.15, 0.2) is 0 Å². The molecule has 9 heteroatoms. The maximum absolute atomic E-state index is 13.3. The molecule has 0 atom stereocenters. The van der Waals surface area contributed by atoms with Gasteiger partial charge in [0, 0.05) is 23.1 Å². The van der Waals surface area contributed by atoms with Crippen LogP contribution in [0.3, 0.4) is 0 Å². The number of aromatic amines is 1. The van der Waals surface area contributed by atoms with Gasteiger partial charge in [0.2, 0.25) is 10.0 Å². The number of halogens is 2. The molecule has 1 fully saturated rings. The van der Waals surface area contributed by atoms with E-state index in [2.05, 4.69) is 23.2 Å². The molecule has 1 N–H and O–H groups in total. The fraction of sp³-hybridized carbons (Fsp3) is 0.524. The molecule has 3 rings (SSSR count). The molecule has 0 unspecified atom stereocenters. The van der Waals surface area contributed by atoms with Gasteiger partial charge in [0.1, 0.15) is 4.90 Å². The molecular weight excluding hydrogens is 443 g/mol. The second-order valence-electron chi connectivity index (χ2n) is 7.94. The molecule has 30 heavy (non-hydrogen) atoms. The zero-order chi connectivity index (χ0) is 21.9. The van der Waals surface area contributed by atoms with Crippen molar-refractivity contribution in [2.75, 3.05) is 13.1 Å². The summed E-state index contributed by atoms with van der Waals surface area (Å²) in [7, 11) is -3.67. The van der Waals surface area contributed by atoms with Crippen LogP contribution in [-0.2, 0) is 22.9 Å². The molecule has 1 saturated heterocycles. The number of nitriles is 1. The minimum absolute atomic E-state index is 0.291. The molecule has 1 aromatic carbocycles. The van der Waals surface area contributed by atoms with E-state index in [1.807, 2.05) is 6.07 Å². The molecule has 0 amide bonds. The van der Waals surface area contributed by atoms with Crippen LogP contribution >= 0.6 is 23.2 Å². The van der Waals surface area contributed by atoms with Crippen molar-refractivity contribution in [3.8, 4) is 6.07 Å². The van der Waals surface area contributed by atoms with E-state index < -0.39 is 15.4 Å². The van der Waals surface area contributed by atoms with Crippen LogP contribution in [0.1, 0.15) is 49.6 Å². The van der Waals surface area contributed by atoms with Crippen LogP contribution < -0.4 is 0 Å². The topological polar surface area (TPSA) is 89.8 Å². The van der Waals surface area contributed by atoms with Crippen molar-refractivity contribution in [3.05, 3.63) is 45.2 Å². The number of aromatic nitrogens is 2. The van der Waals surface area contributed by atoms with Crippen molar-refractivity contribution in [1.29, 1.82) is 5.26 Å². The molecule has 1 aromatic heterocycles. The molecule has 0 aliphatic carbocycles. The van der Waals surface area contributed by atoms with Crippen LogP contribution in [0.15, 0.2) is 23.1 Å². The van der Waals surface area contributed by atoms with Crippen LogP contribution in [0, 0.1) is 23.7 Å². The van der Waals surface area contributed by atoms with Crippen molar-refractivity contribution >= 4 is 33.2 Å².